The van der Waals surface area contributed by atoms with Gasteiger partial charge in [0.1, 0.15) is 5.65 Å². The van der Waals surface area contributed by atoms with Crippen LogP contribution < -0.4 is 0 Å². The summed E-state index contributed by atoms with van der Waals surface area (Å²) in [5.74, 6) is 0.419. The summed E-state index contributed by atoms with van der Waals surface area (Å²) in [5.41, 5.74) is 3.60. The molecule has 3 heterocycles. The van der Waals surface area contributed by atoms with Crippen LogP contribution in [0.4, 0.5) is 0 Å². The second-order valence-electron chi connectivity index (χ2n) is 8.08. The molecule has 6 nitrogen and oxygen atoms in total. The molecule has 0 N–H and O–H groups in total. The first kappa shape index (κ1) is 21.0. The molecule has 0 saturated carbocycles. The second kappa shape index (κ2) is 9.27. The molecule has 1 amide bonds. The normalized spacial score (nSPS) is 15.5. The molecular weight excluding hydrogens is 406 g/mol. The van der Waals surface area contributed by atoms with Crippen LogP contribution in [-0.4, -0.2) is 30.6 Å². The third kappa shape index (κ3) is 4.92. The van der Waals surface area contributed by atoms with E-state index < -0.39 is 0 Å². The molecular formula is C24H25N5OS. The van der Waals surface area contributed by atoms with Gasteiger partial charge in [-0.2, -0.15) is 5.26 Å². The van der Waals surface area contributed by atoms with E-state index in [9.17, 15) is 4.79 Å². The number of carbonyl (C=O) groups excluding carboxylic acids is 1. The average Bonchev–Trinajstić information content (AvgIpc) is 3.41. The third-order valence-electron chi connectivity index (χ3n) is 5.16. The van der Waals surface area contributed by atoms with Gasteiger partial charge < -0.3 is 14.2 Å². The molecule has 1 unspecified atom stereocenters. The summed E-state index contributed by atoms with van der Waals surface area (Å²) < 4.78 is 2.01. The predicted molar refractivity (Wildman–Crippen MR) is 122 cm³/mol. The van der Waals surface area contributed by atoms with Gasteiger partial charge in [-0.3, -0.25) is 4.79 Å². The van der Waals surface area contributed by atoms with E-state index in [0.29, 0.717) is 25.1 Å². The zero-order chi connectivity index (χ0) is 21.8. The number of rotatable bonds is 7. The van der Waals surface area contributed by atoms with Gasteiger partial charge in [0.2, 0.25) is 5.91 Å². The number of fused-ring (bicyclic) bond motifs is 1. The summed E-state index contributed by atoms with van der Waals surface area (Å²) >= 11 is 1.64. The summed E-state index contributed by atoms with van der Waals surface area (Å²) in [7, 11) is 0. The topological polar surface area (TPSA) is 64.6 Å². The van der Waals surface area contributed by atoms with Crippen molar-refractivity contribution in [3.8, 4) is 6.07 Å². The van der Waals surface area contributed by atoms with Crippen molar-refractivity contribution in [1.82, 2.24) is 19.2 Å². The minimum absolute atomic E-state index is 0.111. The fourth-order valence-corrected chi connectivity index (χ4v) is 4.63. The molecule has 3 aromatic rings. The molecule has 0 radical (unpaired) electrons. The number of hydrogen-bond acceptors (Lipinski definition) is 5. The number of imidazole rings is 1. The molecule has 7 heteroatoms. The highest BCUT2D eigenvalue weighted by Crippen LogP contribution is 2.32. The van der Waals surface area contributed by atoms with Gasteiger partial charge in [0.15, 0.2) is 5.50 Å². The van der Waals surface area contributed by atoms with Crippen LogP contribution in [0.1, 0.15) is 37.0 Å². The average molecular weight is 432 g/mol. The van der Waals surface area contributed by atoms with Crippen molar-refractivity contribution >= 4 is 23.3 Å². The number of amides is 1. The quantitative estimate of drug-likeness (QED) is 0.548. The van der Waals surface area contributed by atoms with Crippen molar-refractivity contribution in [2.75, 3.05) is 0 Å². The smallest absolute Gasteiger partial charge is 0.225 e. The Labute approximate surface area is 186 Å². The van der Waals surface area contributed by atoms with E-state index in [1.807, 2.05) is 33.7 Å². The van der Waals surface area contributed by atoms with E-state index in [1.54, 1.807) is 30.1 Å². The van der Waals surface area contributed by atoms with E-state index in [0.717, 1.165) is 16.8 Å². The second-order valence-corrected chi connectivity index (χ2v) is 9.04. The third-order valence-corrected chi connectivity index (χ3v) is 6.20. The SMILES string of the molecule is CC(C)CC(=O)N(Cc1ccc(C#N)cc1)C1SC=CN1Cc1ccc2nccn2c1. The highest BCUT2D eigenvalue weighted by molar-refractivity contribution is 8.02. The Kier molecular flexibility index (Phi) is 6.28. The standard InChI is InChI=1S/C24H25N5OS/c1-18(2)13-23(30)29(17-20-5-3-19(14-25)4-6-20)24-28(11-12-31-24)16-21-7-8-22-26-9-10-27(22)15-21/h3-12,15,18,24H,13,16-17H2,1-2H3. The molecule has 0 bridgehead atoms. The Bertz CT molecular complexity index is 1130. The highest BCUT2D eigenvalue weighted by atomic mass is 32.2. The molecule has 4 rings (SSSR count). The summed E-state index contributed by atoms with van der Waals surface area (Å²) in [6, 6.07) is 13.7. The molecule has 1 aromatic carbocycles. The van der Waals surface area contributed by atoms with Crippen molar-refractivity contribution in [3.05, 3.63) is 83.3 Å². The van der Waals surface area contributed by atoms with Crippen LogP contribution in [0.3, 0.4) is 0 Å². The number of aromatic nitrogens is 2. The van der Waals surface area contributed by atoms with Crippen LogP contribution in [-0.2, 0) is 17.9 Å². The van der Waals surface area contributed by atoms with E-state index in [4.69, 9.17) is 5.26 Å². The van der Waals surface area contributed by atoms with Crippen molar-refractivity contribution in [3.63, 3.8) is 0 Å². The van der Waals surface area contributed by atoms with Crippen molar-refractivity contribution in [2.24, 2.45) is 5.92 Å². The van der Waals surface area contributed by atoms with Gasteiger partial charge in [0, 0.05) is 44.3 Å². The first-order chi connectivity index (χ1) is 15.0. The molecule has 1 aliphatic heterocycles. The van der Waals surface area contributed by atoms with Gasteiger partial charge in [0.05, 0.1) is 11.6 Å². The van der Waals surface area contributed by atoms with Crippen LogP contribution in [0.15, 0.2) is 66.6 Å². The van der Waals surface area contributed by atoms with Gasteiger partial charge in [-0.25, -0.2) is 4.98 Å². The van der Waals surface area contributed by atoms with E-state index in [2.05, 4.69) is 53.7 Å². The maximum absolute atomic E-state index is 13.2. The van der Waals surface area contributed by atoms with Crippen LogP contribution >= 0.6 is 11.8 Å². The summed E-state index contributed by atoms with van der Waals surface area (Å²) in [4.78, 5) is 21.6. The number of thioether (sulfide) groups is 1. The Balaban J connectivity index is 1.56. The van der Waals surface area contributed by atoms with Gasteiger partial charge >= 0.3 is 0 Å². The van der Waals surface area contributed by atoms with Crippen LogP contribution in [0.25, 0.3) is 5.65 Å². The van der Waals surface area contributed by atoms with E-state index >= 15 is 0 Å². The monoisotopic (exact) mass is 431 g/mol. The van der Waals surface area contributed by atoms with Gasteiger partial charge in [0.25, 0.3) is 0 Å². The lowest BCUT2D eigenvalue weighted by Crippen LogP contribution is -2.45. The molecule has 0 fully saturated rings. The van der Waals surface area contributed by atoms with Crippen molar-refractivity contribution in [1.29, 1.82) is 5.26 Å². The Morgan fingerprint density at radius 2 is 2.00 bits per heavy atom. The lowest BCUT2D eigenvalue weighted by atomic mass is 10.1. The van der Waals surface area contributed by atoms with E-state index in [-0.39, 0.29) is 17.3 Å². The summed E-state index contributed by atoms with van der Waals surface area (Å²) in [5, 5.41) is 11.1. The minimum Gasteiger partial charge on any atom is -0.344 e. The fourth-order valence-electron chi connectivity index (χ4n) is 3.63. The summed E-state index contributed by atoms with van der Waals surface area (Å²) in [6.45, 7) is 5.33. The van der Waals surface area contributed by atoms with Crippen molar-refractivity contribution in [2.45, 2.75) is 38.9 Å². The maximum atomic E-state index is 13.2. The molecule has 158 valence electrons. The van der Waals surface area contributed by atoms with Crippen LogP contribution in [0.2, 0.25) is 0 Å². The fraction of sp³-hybridized carbons (Fsp3) is 0.292. The first-order valence-electron chi connectivity index (χ1n) is 10.3. The molecule has 31 heavy (non-hydrogen) atoms. The Morgan fingerprint density at radius 3 is 2.74 bits per heavy atom. The zero-order valence-corrected chi connectivity index (χ0v) is 18.5. The molecule has 2 aromatic heterocycles. The Hall–Kier alpha value is -3.24. The van der Waals surface area contributed by atoms with Gasteiger partial charge in [-0.05, 0) is 40.7 Å². The number of nitriles is 1. The largest absolute Gasteiger partial charge is 0.344 e. The van der Waals surface area contributed by atoms with Crippen LogP contribution in [0.5, 0.6) is 0 Å². The van der Waals surface area contributed by atoms with E-state index in [1.165, 1.54) is 0 Å². The highest BCUT2D eigenvalue weighted by Gasteiger charge is 2.31. The molecule has 0 aliphatic carbocycles. The molecule has 1 aliphatic rings. The zero-order valence-electron chi connectivity index (χ0n) is 17.7. The van der Waals surface area contributed by atoms with Gasteiger partial charge in [-0.1, -0.05) is 43.8 Å². The van der Waals surface area contributed by atoms with Gasteiger partial charge in [-0.15, -0.1) is 0 Å². The molecule has 1 atom stereocenters. The number of carbonyl (C=O) groups is 1. The predicted octanol–water partition coefficient (Wildman–Crippen LogP) is 4.58. The molecule has 0 spiro atoms. The lowest BCUT2D eigenvalue weighted by Gasteiger charge is -2.36. The summed E-state index contributed by atoms with van der Waals surface area (Å²) in [6.07, 6.45) is 8.37. The first-order valence-corrected chi connectivity index (χ1v) is 11.3. The number of benzene rings is 1. The number of pyridine rings is 1. The Morgan fingerprint density at radius 1 is 1.23 bits per heavy atom. The van der Waals surface area contributed by atoms with Crippen molar-refractivity contribution < 1.29 is 4.79 Å². The maximum Gasteiger partial charge on any atom is 0.225 e. The molecule has 0 saturated heterocycles. The number of nitrogens with zero attached hydrogens (tertiary/aromatic N) is 5. The number of hydrogen-bond donors (Lipinski definition) is 0. The van der Waals surface area contributed by atoms with Crippen LogP contribution in [0, 0.1) is 17.2 Å². The lowest BCUT2D eigenvalue weighted by molar-refractivity contribution is -0.135. The minimum atomic E-state index is -0.111.